The van der Waals surface area contributed by atoms with Gasteiger partial charge in [0.15, 0.2) is 0 Å². The maximum Gasteiger partial charge on any atom is 0.137 e. The van der Waals surface area contributed by atoms with Gasteiger partial charge in [0.1, 0.15) is 5.76 Å². The Hall–Kier alpha value is -2.44. The Morgan fingerprint density at radius 1 is 1.18 bits per heavy atom. The SMILES string of the molecule is CO[C@H]1CN(Cc2c(C)cc(C)cc2-n2cccn2)C[C@H]1Cc1cc(C)no1. The first-order valence-corrected chi connectivity index (χ1v) is 9.81. The second kappa shape index (κ2) is 7.89. The lowest BCUT2D eigenvalue weighted by Gasteiger charge is -2.21. The minimum absolute atomic E-state index is 0.198. The van der Waals surface area contributed by atoms with E-state index in [4.69, 9.17) is 9.26 Å². The van der Waals surface area contributed by atoms with Crippen LogP contribution in [0.1, 0.15) is 28.1 Å². The molecule has 4 rings (SSSR count). The molecule has 1 fully saturated rings. The third-order valence-corrected chi connectivity index (χ3v) is 5.63. The highest BCUT2D eigenvalue weighted by atomic mass is 16.5. The molecule has 2 atom stereocenters. The molecule has 0 aliphatic carbocycles. The Morgan fingerprint density at radius 2 is 2.04 bits per heavy atom. The minimum atomic E-state index is 0.198. The molecule has 1 aliphatic heterocycles. The first kappa shape index (κ1) is 18.9. The number of likely N-dealkylation sites (tertiary alicyclic amines) is 1. The van der Waals surface area contributed by atoms with E-state index in [1.165, 1.54) is 16.7 Å². The number of aryl methyl sites for hydroxylation is 3. The van der Waals surface area contributed by atoms with Gasteiger partial charge in [0.25, 0.3) is 0 Å². The van der Waals surface area contributed by atoms with Crippen molar-refractivity contribution in [3.05, 3.63) is 64.8 Å². The molecule has 6 nitrogen and oxygen atoms in total. The summed E-state index contributed by atoms with van der Waals surface area (Å²) in [5.74, 6) is 1.34. The first-order valence-electron chi connectivity index (χ1n) is 9.81. The number of ether oxygens (including phenoxy) is 1. The first-order chi connectivity index (χ1) is 13.5. The van der Waals surface area contributed by atoms with Gasteiger partial charge in [-0.3, -0.25) is 4.90 Å². The van der Waals surface area contributed by atoms with Crippen molar-refractivity contribution in [2.45, 2.75) is 39.8 Å². The van der Waals surface area contributed by atoms with E-state index in [2.05, 4.69) is 41.1 Å². The summed E-state index contributed by atoms with van der Waals surface area (Å²) in [5.41, 5.74) is 5.96. The molecule has 148 valence electrons. The number of aromatic nitrogens is 3. The van der Waals surface area contributed by atoms with Gasteiger partial charge < -0.3 is 9.26 Å². The van der Waals surface area contributed by atoms with Crippen LogP contribution in [0.25, 0.3) is 5.69 Å². The predicted molar refractivity (Wildman–Crippen MR) is 108 cm³/mol. The molecular formula is C22H28N4O2. The van der Waals surface area contributed by atoms with E-state index in [-0.39, 0.29) is 6.10 Å². The van der Waals surface area contributed by atoms with E-state index in [0.29, 0.717) is 5.92 Å². The van der Waals surface area contributed by atoms with Gasteiger partial charge in [-0.15, -0.1) is 0 Å². The summed E-state index contributed by atoms with van der Waals surface area (Å²) in [7, 11) is 1.80. The van der Waals surface area contributed by atoms with Crippen molar-refractivity contribution >= 4 is 0 Å². The highest BCUT2D eigenvalue weighted by molar-refractivity contribution is 5.48. The van der Waals surface area contributed by atoms with E-state index < -0.39 is 0 Å². The quantitative estimate of drug-likeness (QED) is 0.655. The smallest absolute Gasteiger partial charge is 0.137 e. The number of hydrogen-bond donors (Lipinski definition) is 0. The Bertz CT molecular complexity index is 932. The summed E-state index contributed by atoms with van der Waals surface area (Å²) in [6.07, 6.45) is 4.89. The van der Waals surface area contributed by atoms with E-state index in [1.807, 2.05) is 36.1 Å². The van der Waals surface area contributed by atoms with Crippen LogP contribution < -0.4 is 0 Å². The summed E-state index contributed by atoms with van der Waals surface area (Å²) in [5, 5.41) is 8.48. The van der Waals surface area contributed by atoms with Gasteiger partial charge in [0, 0.05) is 57.5 Å². The van der Waals surface area contributed by atoms with Crippen LogP contribution in [0, 0.1) is 26.7 Å². The highest BCUT2D eigenvalue weighted by Crippen LogP contribution is 2.28. The third-order valence-electron chi connectivity index (χ3n) is 5.63. The van der Waals surface area contributed by atoms with Gasteiger partial charge >= 0.3 is 0 Å². The molecule has 0 radical (unpaired) electrons. The Labute approximate surface area is 166 Å². The van der Waals surface area contributed by atoms with Crippen molar-refractivity contribution in [2.75, 3.05) is 20.2 Å². The lowest BCUT2D eigenvalue weighted by molar-refractivity contribution is 0.0761. The molecule has 0 bridgehead atoms. The fraction of sp³-hybridized carbons (Fsp3) is 0.455. The van der Waals surface area contributed by atoms with Crippen molar-refractivity contribution in [3.8, 4) is 5.69 Å². The average Bonchev–Trinajstić information content (AvgIpc) is 3.39. The van der Waals surface area contributed by atoms with Crippen LogP contribution in [0.15, 0.2) is 41.2 Å². The summed E-state index contributed by atoms with van der Waals surface area (Å²) < 4.78 is 13.2. The van der Waals surface area contributed by atoms with Gasteiger partial charge in [0.05, 0.1) is 17.5 Å². The van der Waals surface area contributed by atoms with Crippen molar-refractivity contribution in [2.24, 2.45) is 5.92 Å². The Kier molecular flexibility index (Phi) is 5.33. The summed E-state index contributed by atoms with van der Waals surface area (Å²) in [4.78, 5) is 2.48. The van der Waals surface area contributed by atoms with Gasteiger partial charge in [-0.1, -0.05) is 11.2 Å². The predicted octanol–water partition coefficient (Wildman–Crippen LogP) is 3.48. The Balaban J connectivity index is 1.55. The maximum atomic E-state index is 5.80. The molecule has 0 amide bonds. The van der Waals surface area contributed by atoms with Gasteiger partial charge in [-0.2, -0.15) is 5.10 Å². The van der Waals surface area contributed by atoms with E-state index in [0.717, 1.165) is 43.2 Å². The van der Waals surface area contributed by atoms with E-state index in [1.54, 1.807) is 7.11 Å². The molecule has 2 aromatic heterocycles. The number of nitrogens with zero attached hydrogens (tertiary/aromatic N) is 4. The molecular weight excluding hydrogens is 352 g/mol. The second-order valence-electron chi connectivity index (χ2n) is 7.90. The lowest BCUT2D eigenvalue weighted by Crippen LogP contribution is -2.24. The van der Waals surface area contributed by atoms with Crippen molar-refractivity contribution in [1.82, 2.24) is 19.8 Å². The van der Waals surface area contributed by atoms with Gasteiger partial charge in [-0.05, 0) is 49.6 Å². The molecule has 6 heteroatoms. The second-order valence-corrected chi connectivity index (χ2v) is 7.90. The third kappa shape index (κ3) is 3.88. The highest BCUT2D eigenvalue weighted by Gasteiger charge is 2.34. The maximum absolute atomic E-state index is 5.80. The molecule has 0 N–H and O–H groups in total. The zero-order valence-electron chi connectivity index (χ0n) is 17.1. The number of rotatable bonds is 6. The van der Waals surface area contributed by atoms with Crippen LogP contribution >= 0.6 is 0 Å². The summed E-state index contributed by atoms with van der Waals surface area (Å²) >= 11 is 0. The molecule has 0 spiro atoms. The van der Waals surface area contributed by atoms with Crippen LogP contribution in [0.2, 0.25) is 0 Å². The molecule has 28 heavy (non-hydrogen) atoms. The average molecular weight is 380 g/mol. The number of hydrogen-bond acceptors (Lipinski definition) is 5. The number of benzene rings is 1. The summed E-state index contributed by atoms with van der Waals surface area (Å²) in [6.45, 7) is 9.06. The topological polar surface area (TPSA) is 56.3 Å². The molecule has 1 aromatic carbocycles. The molecule has 3 aromatic rings. The van der Waals surface area contributed by atoms with Crippen LogP contribution in [0.4, 0.5) is 0 Å². The standard InChI is InChI=1S/C22H28N4O2/c1-15-8-16(2)20(21(9-15)26-7-5-6-23-26)13-25-12-18(22(14-25)27-4)11-19-10-17(3)24-28-19/h5-10,18,22H,11-14H2,1-4H3/t18-,22+/m1/s1. The van der Waals surface area contributed by atoms with Crippen LogP contribution in [-0.4, -0.2) is 46.1 Å². The zero-order valence-corrected chi connectivity index (χ0v) is 17.1. The van der Waals surface area contributed by atoms with Crippen LogP contribution in [-0.2, 0) is 17.7 Å². The summed E-state index contributed by atoms with van der Waals surface area (Å²) in [6, 6.07) is 8.46. The van der Waals surface area contributed by atoms with Crippen LogP contribution in [0.3, 0.4) is 0 Å². The lowest BCUT2D eigenvalue weighted by atomic mass is 10.0. The largest absolute Gasteiger partial charge is 0.380 e. The fourth-order valence-corrected chi connectivity index (χ4v) is 4.31. The van der Waals surface area contributed by atoms with Crippen LogP contribution in [0.5, 0.6) is 0 Å². The fourth-order valence-electron chi connectivity index (χ4n) is 4.31. The molecule has 0 unspecified atom stereocenters. The monoisotopic (exact) mass is 380 g/mol. The van der Waals surface area contributed by atoms with Crippen molar-refractivity contribution in [3.63, 3.8) is 0 Å². The normalized spacial score (nSPS) is 20.1. The van der Waals surface area contributed by atoms with E-state index >= 15 is 0 Å². The zero-order chi connectivity index (χ0) is 19.7. The minimum Gasteiger partial charge on any atom is -0.380 e. The molecule has 1 saturated heterocycles. The molecule has 3 heterocycles. The Morgan fingerprint density at radius 3 is 2.71 bits per heavy atom. The van der Waals surface area contributed by atoms with Crippen molar-refractivity contribution in [1.29, 1.82) is 0 Å². The van der Waals surface area contributed by atoms with Gasteiger partial charge in [0.2, 0.25) is 0 Å². The van der Waals surface area contributed by atoms with Crippen molar-refractivity contribution < 1.29 is 9.26 Å². The van der Waals surface area contributed by atoms with E-state index in [9.17, 15) is 0 Å². The van der Waals surface area contributed by atoms with Gasteiger partial charge in [-0.25, -0.2) is 4.68 Å². The number of methoxy groups -OCH3 is 1. The molecule has 1 aliphatic rings. The molecule has 0 saturated carbocycles.